The van der Waals surface area contributed by atoms with Gasteiger partial charge in [-0.15, -0.1) is 0 Å². The second-order valence-corrected chi connectivity index (χ2v) is 5.64. The minimum absolute atomic E-state index is 0.350. The van der Waals surface area contributed by atoms with Crippen molar-refractivity contribution in [1.29, 1.82) is 0 Å². The number of carbonyl (C=O) groups is 1. The highest BCUT2D eigenvalue weighted by Crippen LogP contribution is 2.28. The number of allylic oxidation sites excluding steroid dienone is 4. The Balaban J connectivity index is 0.00000105. The van der Waals surface area contributed by atoms with Crippen LogP contribution in [-0.4, -0.2) is 20.2 Å². The summed E-state index contributed by atoms with van der Waals surface area (Å²) in [6.45, 7) is 10.1. The van der Waals surface area contributed by atoms with Crippen molar-refractivity contribution in [3.63, 3.8) is 0 Å². The first-order valence-electron chi connectivity index (χ1n) is 8.72. The Morgan fingerprint density at radius 2 is 1.81 bits per heavy atom. The number of hydrogen-bond donors (Lipinski definition) is 0. The van der Waals surface area contributed by atoms with Crippen LogP contribution in [0.3, 0.4) is 0 Å². The average molecular weight is 352 g/mol. The van der Waals surface area contributed by atoms with Gasteiger partial charge >= 0.3 is 5.97 Å². The molecule has 0 aliphatic heterocycles. The summed E-state index contributed by atoms with van der Waals surface area (Å²) in [6, 6.07) is 11.5. The summed E-state index contributed by atoms with van der Waals surface area (Å²) >= 11 is 0. The maximum Gasteiger partial charge on any atom is 0.337 e. The molecule has 3 nitrogen and oxygen atoms in total. The average Bonchev–Trinajstić information content (AvgIpc) is 2.68. The van der Waals surface area contributed by atoms with E-state index in [1.54, 1.807) is 19.3 Å². The van der Waals surface area contributed by atoms with E-state index in [0.29, 0.717) is 5.56 Å². The van der Waals surface area contributed by atoms with Gasteiger partial charge in [-0.2, -0.15) is 0 Å². The van der Waals surface area contributed by atoms with Crippen LogP contribution in [0.25, 0.3) is 16.3 Å². The van der Waals surface area contributed by atoms with Crippen molar-refractivity contribution in [3.8, 4) is 0 Å². The number of hydrogen-bond acceptors (Lipinski definition) is 3. The summed E-state index contributed by atoms with van der Waals surface area (Å²) < 4.78 is 10.1. The predicted octanol–water partition coefficient (Wildman–Crippen LogP) is 6.16. The highest BCUT2D eigenvalue weighted by molar-refractivity contribution is 6.01. The molecule has 0 aliphatic carbocycles. The van der Waals surface area contributed by atoms with Crippen LogP contribution in [0.15, 0.2) is 67.0 Å². The second-order valence-electron chi connectivity index (χ2n) is 5.64. The fraction of sp³-hybridized carbons (Fsp3) is 0.261. The Labute approximate surface area is 156 Å². The van der Waals surface area contributed by atoms with Crippen LogP contribution < -0.4 is 0 Å². The van der Waals surface area contributed by atoms with Gasteiger partial charge in [0, 0.05) is 0 Å². The molecule has 138 valence electrons. The van der Waals surface area contributed by atoms with Crippen molar-refractivity contribution in [1.82, 2.24) is 0 Å². The first-order chi connectivity index (χ1) is 12.6. The van der Waals surface area contributed by atoms with E-state index in [9.17, 15) is 4.79 Å². The Morgan fingerprint density at radius 3 is 2.35 bits per heavy atom. The third-order valence-corrected chi connectivity index (χ3v) is 3.65. The van der Waals surface area contributed by atoms with Crippen molar-refractivity contribution in [2.45, 2.75) is 27.2 Å². The lowest BCUT2D eigenvalue weighted by molar-refractivity contribution is 0.0601. The Morgan fingerprint density at radius 1 is 1.12 bits per heavy atom. The Kier molecular flexibility index (Phi) is 8.93. The van der Waals surface area contributed by atoms with Crippen LogP contribution in [0.4, 0.5) is 0 Å². The van der Waals surface area contributed by atoms with Gasteiger partial charge in [-0.05, 0) is 53.1 Å². The van der Waals surface area contributed by atoms with Crippen molar-refractivity contribution < 1.29 is 14.3 Å². The number of benzene rings is 2. The van der Waals surface area contributed by atoms with Gasteiger partial charge in [0.1, 0.15) is 5.76 Å². The molecule has 0 spiro atoms. The molecule has 0 bridgehead atoms. The van der Waals surface area contributed by atoms with Crippen LogP contribution in [0.1, 0.15) is 43.1 Å². The molecule has 26 heavy (non-hydrogen) atoms. The van der Waals surface area contributed by atoms with Crippen molar-refractivity contribution in [2.24, 2.45) is 0 Å². The quantitative estimate of drug-likeness (QED) is 0.367. The van der Waals surface area contributed by atoms with Gasteiger partial charge in [-0.3, -0.25) is 0 Å². The lowest BCUT2D eigenvalue weighted by Crippen LogP contribution is -2.01. The summed E-state index contributed by atoms with van der Waals surface area (Å²) in [5.41, 5.74) is 2.43. The SMILES string of the molecule is C=C/C(=C\C(=C/C)OC)c1cccc2ccc(C(=O)OC)cc12.CCC. The molecule has 0 fully saturated rings. The Hall–Kier alpha value is -2.81. The minimum Gasteiger partial charge on any atom is -0.497 e. The third-order valence-electron chi connectivity index (χ3n) is 3.65. The van der Waals surface area contributed by atoms with E-state index in [1.165, 1.54) is 13.5 Å². The number of rotatable bonds is 5. The maximum atomic E-state index is 11.8. The van der Waals surface area contributed by atoms with Crippen LogP contribution in [0, 0.1) is 0 Å². The standard InChI is InChI=1S/C20H20O3.C3H8/c1-5-14(12-17(6-2)22-3)18-9-7-8-15-10-11-16(13-19(15)18)20(21)23-4;1-3-2/h5-13H,1H2,2-4H3;3H2,1-2H3/b14-12+,17-6+;. The molecule has 0 amide bonds. The van der Waals surface area contributed by atoms with Gasteiger partial charge in [0.25, 0.3) is 0 Å². The predicted molar refractivity (Wildman–Crippen MR) is 110 cm³/mol. The number of esters is 1. The summed E-state index contributed by atoms with van der Waals surface area (Å²) in [7, 11) is 3.01. The molecule has 2 aromatic carbocycles. The largest absolute Gasteiger partial charge is 0.497 e. The summed E-state index contributed by atoms with van der Waals surface area (Å²) in [6.07, 6.45) is 6.84. The van der Waals surface area contributed by atoms with Gasteiger partial charge in [0.2, 0.25) is 0 Å². The molecule has 0 radical (unpaired) electrons. The summed E-state index contributed by atoms with van der Waals surface area (Å²) in [4.78, 5) is 11.8. The van der Waals surface area contributed by atoms with E-state index in [4.69, 9.17) is 9.47 Å². The fourth-order valence-electron chi connectivity index (χ4n) is 2.43. The van der Waals surface area contributed by atoms with E-state index in [-0.39, 0.29) is 5.97 Å². The van der Waals surface area contributed by atoms with Crippen molar-refractivity contribution in [2.75, 3.05) is 14.2 Å². The number of fused-ring (bicyclic) bond motifs is 1. The monoisotopic (exact) mass is 352 g/mol. The molecular weight excluding hydrogens is 324 g/mol. The van der Waals surface area contributed by atoms with Gasteiger partial charge < -0.3 is 9.47 Å². The first-order valence-corrected chi connectivity index (χ1v) is 8.72. The first kappa shape index (κ1) is 21.2. The summed E-state index contributed by atoms with van der Waals surface area (Å²) in [5, 5.41) is 2.01. The van der Waals surface area contributed by atoms with E-state index >= 15 is 0 Å². The fourth-order valence-corrected chi connectivity index (χ4v) is 2.43. The van der Waals surface area contributed by atoms with E-state index in [1.807, 2.05) is 49.4 Å². The smallest absolute Gasteiger partial charge is 0.337 e. The molecule has 3 heteroatoms. The second kappa shape index (κ2) is 10.9. The summed E-state index contributed by atoms with van der Waals surface area (Å²) in [5.74, 6) is 0.401. The Bertz CT molecular complexity index is 813. The van der Waals surface area contributed by atoms with Crippen LogP contribution >= 0.6 is 0 Å². The molecular formula is C23H28O3. The number of ether oxygens (including phenoxy) is 2. The van der Waals surface area contributed by atoms with Gasteiger partial charge in [0.05, 0.1) is 19.8 Å². The zero-order valence-electron chi connectivity index (χ0n) is 16.3. The minimum atomic E-state index is -0.350. The molecule has 0 unspecified atom stereocenters. The molecule has 0 heterocycles. The third kappa shape index (κ3) is 5.35. The lowest BCUT2D eigenvalue weighted by atomic mass is 9.96. The topological polar surface area (TPSA) is 35.5 Å². The van der Waals surface area contributed by atoms with E-state index < -0.39 is 0 Å². The van der Waals surface area contributed by atoms with Gasteiger partial charge in [-0.1, -0.05) is 57.2 Å². The highest BCUT2D eigenvalue weighted by atomic mass is 16.5. The molecule has 2 rings (SSSR count). The zero-order valence-corrected chi connectivity index (χ0v) is 16.3. The highest BCUT2D eigenvalue weighted by Gasteiger charge is 2.10. The molecule has 0 saturated carbocycles. The molecule has 0 saturated heterocycles. The molecule has 0 N–H and O–H groups in total. The van der Waals surface area contributed by atoms with Gasteiger partial charge in [-0.25, -0.2) is 4.79 Å². The molecule has 0 aliphatic rings. The molecule has 0 atom stereocenters. The molecule has 2 aromatic rings. The van der Waals surface area contributed by atoms with Crippen molar-refractivity contribution in [3.05, 3.63) is 78.1 Å². The van der Waals surface area contributed by atoms with Crippen molar-refractivity contribution >= 4 is 22.3 Å². The number of carbonyl (C=O) groups excluding carboxylic acids is 1. The number of methoxy groups -OCH3 is 2. The van der Waals surface area contributed by atoms with Gasteiger partial charge in [0.15, 0.2) is 0 Å². The lowest BCUT2D eigenvalue weighted by Gasteiger charge is -2.10. The van der Waals surface area contributed by atoms with Crippen LogP contribution in [0.5, 0.6) is 0 Å². The molecule has 0 aromatic heterocycles. The zero-order chi connectivity index (χ0) is 19.5. The maximum absolute atomic E-state index is 11.8. The van der Waals surface area contributed by atoms with E-state index in [0.717, 1.165) is 27.7 Å². The van der Waals surface area contributed by atoms with Crippen LogP contribution in [-0.2, 0) is 9.47 Å². The normalized spacial score (nSPS) is 11.4. The van der Waals surface area contributed by atoms with E-state index in [2.05, 4.69) is 20.4 Å². The van der Waals surface area contributed by atoms with Crippen LogP contribution in [0.2, 0.25) is 0 Å².